The number of ether oxygens (including phenoxy) is 1. The van der Waals surface area contributed by atoms with E-state index in [1.807, 2.05) is 6.07 Å². The van der Waals surface area contributed by atoms with Crippen LogP contribution in [0, 0.1) is 0 Å². The Morgan fingerprint density at radius 2 is 2.05 bits per heavy atom. The van der Waals surface area contributed by atoms with Gasteiger partial charge in [-0.2, -0.15) is 13.2 Å². The number of pyridine rings is 1. The van der Waals surface area contributed by atoms with E-state index >= 15 is 0 Å². The Bertz CT molecular complexity index is 1060. The van der Waals surface area contributed by atoms with Gasteiger partial charge in [-0.15, -0.1) is 0 Å². The number of hydrogen-bond acceptors (Lipinski definition) is 9. The molecule has 2 aromatic heterocycles. The molecule has 0 radical (unpaired) electrons. The van der Waals surface area contributed by atoms with E-state index in [2.05, 4.69) is 39.0 Å². The van der Waals surface area contributed by atoms with Crippen molar-refractivity contribution in [3.8, 4) is 0 Å². The third-order valence-electron chi connectivity index (χ3n) is 6.45. The minimum Gasteiger partial charge on any atom is -0.390 e. The first kappa shape index (κ1) is 28.7. The molecule has 1 amide bonds. The fraction of sp³-hybridized carbons (Fsp3) is 0.583. The Morgan fingerprint density at radius 3 is 2.70 bits per heavy atom. The van der Waals surface area contributed by atoms with Crippen molar-refractivity contribution in [2.75, 3.05) is 25.4 Å². The second-order valence-electron chi connectivity index (χ2n) is 9.07. The summed E-state index contributed by atoms with van der Waals surface area (Å²) in [7, 11) is 0. The molecular weight excluding hydrogens is 493 g/mol. The number of nitrogens with two attached hydrogens (primary N) is 1. The van der Waals surface area contributed by atoms with E-state index in [0.29, 0.717) is 31.0 Å². The summed E-state index contributed by atoms with van der Waals surface area (Å²) in [6, 6.07) is 4.28. The van der Waals surface area contributed by atoms with Crippen LogP contribution in [0.5, 0.6) is 0 Å². The SMILES string of the molecule is CCC(C)N1CCc2nc(C(=O)NCC3OCCC(O)C3O)ccc2C1.Nc1cncc(C(F)(F)F)n1. The van der Waals surface area contributed by atoms with Crippen LogP contribution < -0.4 is 11.1 Å². The lowest BCUT2D eigenvalue weighted by atomic mass is 10.0. The van der Waals surface area contributed by atoms with E-state index in [1.165, 1.54) is 5.56 Å². The van der Waals surface area contributed by atoms with Crippen molar-refractivity contribution in [1.29, 1.82) is 0 Å². The van der Waals surface area contributed by atoms with Crippen LogP contribution >= 0.6 is 0 Å². The Labute approximate surface area is 213 Å². The van der Waals surface area contributed by atoms with E-state index < -0.39 is 30.2 Å². The fourth-order valence-corrected chi connectivity index (χ4v) is 4.04. The van der Waals surface area contributed by atoms with Gasteiger partial charge < -0.3 is 26.0 Å². The highest BCUT2D eigenvalue weighted by molar-refractivity contribution is 5.92. The number of anilines is 1. The molecule has 4 heterocycles. The molecule has 0 aliphatic carbocycles. The molecule has 1 saturated heterocycles. The number of rotatable bonds is 5. The predicted octanol–water partition coefficient (Wildman–Crippen LogP) is 1.56. The zero-order valence-electron chi connectivity index (χ0n) is 20.8. The van der Waals surface area contributed by atoms with Gasteiger partial charge in [0.15, 0.2) is 5.69 Å². The molecule has 0 spiro atoms. The first-order valence-corrected chi connectivity index (χ1v) is 12.1. The van der Waals surface area contributed by atoms with Gasteiger partial charge in [0.05, 0.1) is 18.5 Å². The number of nitrogens with one attached hydrogen (secondary N) is 1. The van der Waals surface area contributed by atoms with Crippen LogP contribution in [0.1, 0.15) is 54.1 Å². The average Bonchev–Trinajstić information content (AvgIpc) is 2.88. The van der Waals surface area contributed by atoms with E-state index in [9.17, 15) is 28.2 Å². The molecule has 10 nitrogen and oxygen atoms in total. The molecule has 2 aliphatic rings. The van der Waals surface area contributed by atoms with Gasteiger partial charge in [-0.3, -0.25) is 14.7 Å². The largest absolute Gasteiger partial charge is 0.434 e. The number of fused-ring (bicyclic) bond motifs is 1. The van der Waals surface area contributed by atoms with Gasteiger partial charge in [0.25, 0.3) is 5.91 Å². The molecule has 4 atom stereocenters. The van der Waals surface area contributed by atoms with E-state index in [0.717, 1.165) is 37.8 Å². The molecule has 204 valence electrons. The quantitative estimate of drug-likeness (QED) is 0.456. The topological polar surface area (TPSA) is 147 Å². The minimum atomic E-state index is -4.47. The molecule has 4 rings (SSSR count). The predicted molar refractivity (Wildman–Crippen MR) is 128 cm³/mol. The normalized spacial score (nSPS) is 22.8. The summed E-state index contributed by atoms with van der Waals surface area (Å²) in [4.78, 5) is 25.7. The van der Waals surface area contributed by atoms with Crippen molar-refractivity contribution in [2.45, 2.75) is 70.2 Å². The number of nitrogen functional groups attached to an aromatic ring is 1. The maximum atomic E-state index is 12.4. The average molecular weight is 527 g/mol. The van der Waals surface area contributed by atoms with Crippen LogP contribution in [0.15, 0.2) is 24.5 Å². The highest BCUT2D eigenvalue weighted by atomic mass is 19.4. The summed E-state index contributed by atoms with van der Waals surface area (Å²) >= 11 is 0. The number of amides is 1. The number of aliphatic hydroxyl groups is 2. The lowest BCUT2D eigenvalue weighted by Crippen LogP contribution is -2.50. The second kappa shape index (κ2) is 12.6. The van der Waals surface area contributed by atoms with E-state index in [4.69, 9.17) is 10.5 Å². The number of alkyl halides is 3. The van der Waals surface area contributed by atoms with Crippen LogP contribution in [-0.2, 0) is 23.9 Å². The van der Waals surface area contributed by atoms with Crippen molar-refractivity contribution in [2.24, 2.45) is 0 Å². The van der Waals surface area contributed by atoms with Crippen molar-refractivity contribution in [1.82, 2.24) is 25.2 Å². The molecule has 1 fully saturated rings. The van der Waals surface area contributed by atoms with Crippen LogP contribution in [-0.4, -0.2) is 80.0 Å². The van der Waals surface area contributed by atoms with Gasteiger partial charge in [-0.1, -0.05) is 13.0 Å². The lowest BCUT2D eigenvalue weighted by Gasteiger charge is -2.33. The molecular formula is C24H33F3N6O4. The van der Waals surface area contributed by atoms with E-state index in [-0.39, 0.29) is 18.3 Å². The molecule has 0 bridgehead atoms. The third kappa shape index (κ3) is 7.81. The minimum absolute atomic E-state index is 0.150. The summed E-state index contributed by atoms with van der Waals surface area (Å²) in [5.41, 5.74) is 6.46. The monoisotopic (exact) mass is 526 g/mol. The first-order chi connectivity index (χ1) is 17.5. The van der Waals surface area contributed by atoms with Crippen molar-refractivity contribution >= 4 is 11.7 Å². The number of aliphatic hydroxyl groups excluding tert-OH is 2. The smallest absolute Gasteiger partial charge is 0.390 e. The zero-order chi connectivity index (χ0) is 27.2. The fourth-order valence-electron chi connectivity index (χ4n) is 4.04. The molecule has 0 saturated carbocycles. The number of hydrogen-bond donors (Lipinski definition) is 4. The third-order valence-corrected chi connectivity index (χ3v) is 6.45. The lowest BCUT2D eigenvalue weighted by molar-refractivity contribution is -0.141. The zero-order valence-corrected chi connectivity index (χ0v) is 20.8. The molecule has 13 heteroatoms. The van der Waals surface area contributed by atoms with Crippen molar-refractivity contribution < 1.29 is 32.9 Å². The summed E-state index contributed by atoms with van der Waals surface area (Å²) in [6.45, 7) is 6.79. The molecule has 0 aromatic carbocycles. The Kier molecular flexibility index (Phi) is 9.76. The molecule has 4 unspecified atom stereocenters. The highest BCUT2D eigenvalue weighted by Gasteiger charge is 2.33. The summed E-state index contributed by atoms with van der Waals surface area (Å²) in [5.74, 6) is -0.521. The number of aromatic nitrogens is 3. The highest BCUT2D eigenvalue weighted by Crippen LogP contribution is 2.27. The number of carbonyl (C=O) groups excluding carboxylic acids is 1. The van der Waals surface area contributed by atoms with Crippen LogP contribution in [0.3, 0.4) is 0 Å². The van der Waals surface area contributed by atoms with Crippen LogP contribution in [0.25, 0.3) is 0 Å². The van der Waals surface area contributed by atoms with E-state index in [1.54, 1.807) is 6.07 Å². The maximum absolute atomic E-state index is 12.4. The number of halogens is 3. The Hall–Kier alpha value is -2.87. The van der Waals surface area contributed by atoms with Gasteiger partial charge in [-0.25, -0.2) is 9.97 Å². The molecule has 2 aliphatic heterocycles. The molecule has 2 aromatic rings. The molecule has 5 N–H and O–H groups in total. The first-order valence-electron chi connectivity index (χ1n) is 12.1. The molecule has 37 heavy (non-hydrogen) atoms. The number of carbonyl (C=O) groups is 1. The summed E-state index contributed by atoms with van der Waals surface area (Å²) in [6.07, 6.45) is -2.80. The Balaban J connectivity index is 0.000000289. The van der Waals surface area contributed by atoms with Gasteiger partial charge in [0.2, 0.25) is 0 Å². The van der Waals surface area contributed by atoms with Gasteiger partial charge >= 0.3 is 6.18 Å². The van der Waals surface area contributed by atoms with Crippen molar-refractivity contribution in [3.05, 3.63) is 47.2 Å². The Morgan fingerprint density at radius 1 is 1.30 bits per heavy atom. The van der Waals surface area contributed by atoms with Crippen LogP contribution in [0.2, 0.25) is 0 Å². The summed E-state index contributed by atoms with van der Waals surface area (Å²) < 4.78 is 40.9. The number of nitrogens with zero attached hydrogens (tertiary/aromatic N) is 4. The second-order valence-corrected chi connectivity index (χ2v) is 9.07. The standard InChI is InChI=1S/C19H29N3O4.C5H4F3N3/c1-3-12(2)22-8-6-14-13(11-22)4-5-15(21-14)19(25)20-10-17-18(24)16(23)7-9-26-17;6-5(7,8)3-1-10-2-4(9)11-3/h4-5,12,16-18,23-24H,3,6-11H2,1-2H3,(H,20,25);1-2H,(H2,9,11). The van der Waals surface area contributed by atoms with Crippen molar-refractivity contribution in [3.63, 3.8) is 0 Å². The van der Waals surface area contributed by atoms with Gasteiger partial charge in [0.1, 0.15) is 23.7 Å². The van der Waals surface area contributed by atoms with Gasteiger partial charge in [0, 0.05) is 44.4 Å². The maximum Gasteiger partial charge on any atom is 0.434 e. The van der Waals surface area contributed by atoms with Crippen LogP contribution in [0.4, 0.5) is 19.0 Å². The van der Waals surface area contributed by atoms with Gasteiger partial charge in [-0.05, 0) is 31.4 Å². The summed E-state index contributed by atoms with van der Waals surface area (Å²) in [5, 5.41) is 22.4.